The lowest BCUT2D eigenvalue weighted by Crippen LogP contribution is -2.00. The Balaban J connectivity index is 1.83. The summed E-state index contributed by atoms with van der Waals surface area (Å²) in [4.78, 5) is 9.08. The van der Waals surface area contributed by atoms with E-state index in [0.29, 0.717) is 5.92 Å². The van der Waals surface area contributed by atoms with Gasteiger partial charge in [0, 0.05) is 35.6 Å². The van der Waals surface area contributed by atoms with Crippen molar-refractivity contribution in [2.75, 3.05) is 0 Å². The van der Waals surface area contributed by atoms with Crippen LogP contribution in [0.15, 0.2) is 60.9 Å². The highest BCUT2D eigenvalue weighted by Gasteiger charge is 2.28. The van der Waals surface area contributed by atoms with Crippen LogP contribution >= 0.6 is 0 Å². The van der Waals surface area contributed by atoms with Gasteiger partial charge in [0.1, 0.15) is 5.69 Å². The number of nitrogens with zero attached hydrogens (tertiary/aromatic N) is 4. The molecule has 0 aliphatic carbocycles. The first kappa shape index (κ1) is 14.3. The van der Waals surface area contributed by atoms with Gasteiger partial charge in [0.25, 0.3) is 0 Å². The normalized spacial score (nSPS) is 16.3. The van der Waals surface area contributed by atoms with Gasteiger partial charge in [-0.15, -0.1) is 0 Å². The lowest BCUT2D eigenvalue weighted by atomic mass is 9.95. The second-order valence-corrected chi connectivity index (χ2v) is 6.75. The van der Waals surface area contributed by atoms with E-state index in [9.17, 15) is 0 Å². The zero-order valence-corrected chi connectivity index (χ0v) is 14.1. The minimum absolute atomic E-state index is 0.618. The first-order chi connectivity index (χ1) is 12.3. The summed E-state index contributed by atoms with van der Waals surface area (Å²) < 4.78 is 2.17. The molecule has 1 unspecified atom stereocenters. The quantitative estimate of drug-likeness (QED) is 0.550. The van der Waals surface area contributed by atoms with E-state index in [1.54, 1.807) is 0 Å². The van der Waals surface area contributed by atoms with Crippen LogP contribution in [0.4, 0.5) is 0 Å². The molecule has 1 atom stereocenters. The van der Waals surface area contributed by atoms with E-state index in [-0.39, 0.29) is 0 Å². The molecule has 25 heavy (non-hydrogen) atoms. The van der Waals surface area contributed by atoms with Gasteiger partial charge in [0.05, 0.1) is 11.2 Å². The topological polar surface area (TPSA) is 43.6 Å². The molecule has 0 saturated heterocycles. The molecule has 4 aromatic rings. The van der Waals surface area contributed by atoms with E-state index in [2.05, 4.69) is 45.8 Å². The molecule has 1 aliphatic rings. The van der Waals surface area contributed by atoms with Crippen LogP contribution in [0.1, 0.15) is 12.6 Å². The zero-order valence-electron chi connectivity index (χ0n) is 14.1. The summed E-state index contributed by atoms with van der Waals surface area (Å²) in [6.45, 7) is 3.25. The maximum absolute atomic E-state index is 4.93. The first-order valence-electron chi connectivity index (χ1n) is 8.66. The molecule has 4 heteroatoms. The summed E-state index contributed by atoms with van der Waals surface area (Å²) in [7, 11) is 0. The summed E-state index contributed by atoms with van der Waals surface area (Å²) in [5.74, 6) is 0.618. The van der Waals surface area contributed by atoms with Crippen molar-refractivity contribution >= 4 is 10.9 Å². The average Bonchev–Trinajstić information content (AvgIpc) is 3.18. The molecule has 0 fully saturated rings. The number of aromatic nitrogens is 4. The van der Waals surface area contributed by atoms with Crippen molar-refractivity contribution in [3.05, 3.63) is 66.6 Å². The number of benzene rings is 1. The van der Waals surface area contributed by atoms with Crippen LogP contribution in [0.2, 0.25) is 0 Å². The third kappa shape index (κ3) is 2.25. The molecule has 0 bridgehead atoms. The van der Waals surface area contributed by atoms with Crippen molar-refractivity contribution < 1.29 is 0 Å². The van der Waals surface area contributed by atoms with Crippen LogP contribution in [-0.4, -0.2) is 19.7 Å². The summed E-state index contributed by atoms with van der Waals surface area (Å²) in [5, 5.41) is 6.09. The lowest BCUT2D eigenvalue weighted by Gasteiger charge is -2.09. The molecule has 3 aromatic heterocycles. The molecule has 0 amide bonds. The zero-order chi connectivity index (χ0) is 16.8. The Labute approximate surface area is 146 Å². The molecular weight excluding hydrogens is 308 g/mol. The highest BCUT2D eigenvalue weighted by molar-refractivity contribution is 5.98. The smallest absolute Gasteiger partial charge is 0.119 e. The van der Waals surface area contributed by atoms with Crippen molar-refractivity contribution in [1.29, 1.82) is 0 Å². The van der Waals surface area contributed by atoms with Gasteiger partial charge in [-0.3, -0.25) is 14.6 Å². The standard InChI is InChI=1S/C21H18N4/c1-14-12-19-20(16-9-11-23-17-7-3-2-6-15(16)17)21(24-25(19)13-14)18-8-4-5-10-22-18/h2-11,14H,12-13H2,1H3. The molecular formula is C21H18N4. The van der Waals surface area contributed by atoms with E-state index >= 15 is 0 Å². The number of fused-ring (bicyclic) bond motifs is 2. The average molecular weight is 326 g/mol. The van der Waals surface area contributed by atoms with Gasteiger partial charge >= 0.3 is 0 Å². The molecule has 4 nitrogen and oxygen atoms in total. The minimum Gasteiger partial charge on any atom is -0.268 e. The highest BCUT2D eigenvalue weighted by Crippen LogP contribution is 2.40. The summed E-state index contributed by atoms with van der Waals surface area (Å²) >= 11 is 0. The van der Waals surface area contributed by atoms with Crippen LogP contribution in [-0.2, 0) is 13.0 Å². The van der Waals surface area contributed by atoms with Gasteiger partial charge in [0.2, 0.25) is 0 Å². The Bertz CT molecular complexity index is 1060. The Morgan fingerprint density at radius 3 is 2.72 bits per heavy atom. The Morgan fingerprint density at radius 2 is 1.84 bits per heavy atom. The molecule has 4 heterocycles. The fourth-order valence-corrected chi connectivity index (χ4v) is 3.82. The van der Waals surface area contributed by atoms with Crippen LogP contribution in [0.3, 0.4) is 0 Å². The van der Waals surface area contributed by atoms with Crippen LogP contribution in [0.25, 0.3) is 33.4 Å². The third-order valence-electron chi connectivity index (χ3n) is 4.91. The number of pyridine rings is 2. The van der Waals surface area contributed by atoms with Crippen LogP contribution < -0.4 is 0 Å². The molecule has 5 rings (SSSR count). The van der Waals surface area contributed by atoms with Gasteiger partial charge in [-0.1, -0.05) is 31.2 Å². The maximum Gasteiger partial charge on any atom is 0.119 e. The van der Waals surface area contributed by atoms with Crippen LogP contribution in [0.5, 0.6) is 0 Å². The van der Waals surface area contributed by atoms with E-state index in [0.717, 1.165) is 35.3 Å². The molecule has 0 saturated carbocycles. The van der Waals surface area contributed by atoms with Crippen molar-refractivity contribution in [3.8, 4) is 22.5 Å². The van der Waals surface area contributed by atoms with Crippen molar-refractivity contribution in [2.45, 2.75) is 19.9 Å². The van der Waals surface area contributed by atoms with Crippen molar-refractivity contribution in [1.82, 2.24) is 19.7 Å². The summed E-state index contributed by atoms with van der Waals surface area (Å²) in [5.41, 5.74) is 6.62. The number of hydrogen-bond donors (Lipinski definition) is 0. The summed E-state index contributed by atoms with van der Waals surface area (Å²) in [6.07, 6.45) is 4.77. The minimum atomic E-state index is 0.618. The molecule has 0 N–H and O–H groups in total. The molecule has 0 spiro atoms. The highest BCUT2D eigenvalue weighted by atomic mass is 15.3. The third-order valence-corrected chi connectivity index (χ3v) is 4.91. The monoisotopic (exact) mass is 326 g/mol. The van der Waals surface area contributed by atoms with E-state index < -0.39 is 0 Å². The van der Waals surface area contributed by atoms with Crippen molar-refractivity contribution in [3.63, 3.8) is 0 Å². The maximum atomic E-state index is 4.93. The molecule has 1 aromatic carbocycles. The molecule has 0 radical (unpaired) electrons. The van der Waals surface area contributed by atoms with Gasteiger partial charge < -0.3 is 0 Å². The molecule has 1 aliphatic heterocycles. The fraction of sp³-hybridized carbons (Fsp3) is 0.190. The fourth-order valence-electron chi connectivity index (χ4n) is 3.82. The predicted molar refractivity (Wildman–Crippen MR) is 99.1 cm³/mol. The largest absolute Gasteiger partial charge is 0.268 e. The lowest BCUT2D eigenvalue weighted by molar-refractivity contribution is 0.530. The SMILES string of the molecule is CC1Cc2c(-c3ccnc4ccccc34)c(-c3ccccn3)nn2C1. The van der Waals surface area contributed by atoms with E-state index in [1.807, 2.05) is 36.7 Å². The molecule has 122 valence electrons. The Kier molecular flexibility index (Phi) is 3.17. The van der Waals surface area contributed by atoms with Gasteiger partial charge in [-0.05, 0) is 42.2 Å². The second-order valence-electron chi connectivity index (χ2n) is 6.75. The number of hydrogen-bond acceptors (Lipinski definition) is 3. The van der Waals surface area contributed by atoms with Gasteiger partial charge in [-0.2, -0.15) is 5.10 Å². The Morgan fingerprint density at radius 1 is 0.960 bits per heavy atom. The van der Waals surface area contributed by atoms with Crippen molar-refractivity contribution in [2.24, 2.45) is 5.92 Å². The van der Waals surface area contributed by atoms with Gasteiger partial charge in [0.15, 0.2) is 0 Å². The second kappa shape index (κ2) is 5.52. The van der Waals surface area contributed by atoms with Crippen LogP contribution in [0, 0.1) is 5.92 Å². The van der Waals surface area contributed by atoms with Gasteiger partial charge in [-0.25, -0.2) is 0 Å². The first-order valence-corrected chi connectivity index (χ1v) is 8.66. The predicted octanol–water partition coefficient (Wildman–Crippen LogP) is 4.35. The number of rotatable bonds is 2. The number of para-hydroxylation sites is 1. The van der Waals surface area contributed by atoms with E-state index in [4.69, 9.17) is 5.10 Å². The van der Waals surface area contributed by atoms with E-state index in [1.165, 1.54) is 16.8 Å². The Hall–Kier alpha value is -3.01. The summed E-state index contributed by atoms with van der Waals surface area (Å²) in [6, 6.07) is 16.4.